The van der Waals surface area contributed by atoms with Gasteiger partial charge in [0.25, 0.3) is 0 Å². The van der Waals surface area contributed by atoms with Crippen LogP contribution in [0.4, 0.5) is 0 Å². The maximum absolute atomic E-state index is 6.09. The quantitative estimate of drug-likeness (QED) is 0.366. The van der Waals surface area contributed by atoms with E-state index in [1.807, 2.05) is 37.4 Å². The van der Waals surface area contributed by atoms with Gasteiger partial charge < -0.3 is 15.0 Å². The van der Waals surface area contributed by atoms with Gasteiger partial charge in [-0.05, 0) is 12.1 Å². The highest BCUT2D eigenvalue weighted by atomic mass is 127. The predicted octanol–water partition coefficient (Wildman–Crippen LogP) is 4.68. The number of benzene rings is 1. The molecule has 0 unspecified atom stereocenters. The van der Waals surface area contributed by atoms with Crippen LogP contribution < -0.4 is 10.1 Å². The molecule has 0 atom stereocenters. The van der Waals surface area contributed by atoms with E-state index in [1.54, 1.807) is 11.3 Å². The summed E-state index contributed by atoms with van der Waals surface area (Å²) in [5, 5.41) is 6.78. The minimum absolute atomic E-state index is 0. The third-order valence-electron chi connectivity index (χ3n) is 4.62. The summed E-state index contributed by atoms with van der Waals surface area (Å²) in [6.45, 7) is 9.19. The molecule has 7 heteroatoms. The number of guanidine groups is 1. The summed E-state index contributed by atoms with van der Waals surface area (Å²) in [4.78, 5) is 11.5. The molecule has 0 saturated carbocycles. The van der Waals surface area contributed by atoms with Crippen molar-refractivity contribution in [2.24, 2.45) is 4.99 Å². The van der Waals surface area contributed by atoms with Crippen LogP contribution in [0.15, 0.2) is 40.7 Å². The van der Waals surface area contributed by atoms with Gasteiger partial charge in [0.05, 0.1) is 17.2 Å². The highest BCUT2D eigenvalue weighted by molar-refractivity contribution is 14.0. The minimum atomic E-state index is 0. The number of likely N-dealkylation sites (tertiary alicyclic amines) is 1. The van der Waals surface area contributed by atoms with Crippen LogP contribution in [0.25, 0.3) is 0 Å². The number of hydrogen-bond donors (Lipinski definition) is 1. The Morgan fingerprint density at radius 3 is 2.50 bits per heavy atom. The number of piperidine rings is 1. The molecule has 28 heavy (non-hydrogen) atoms. The first-order chi connectivity index (χ1) is 13.0. The van der Waals surface area contributed by atoms with Crippen LogP contribution in [-0.4, -0.2) is 42.1 Å². The van der Waals surface area contributed by atoms with E-state index < -0.39 is 0 Å². The topological polar surface area (TPSA) is 49.8 Å². The third kappa shape index (κ3) is 6.34. The zero-order chi connectivity index (χ0) is 19.3. The van der Waals surface area contributed by atoms with Crippen LogP contribution in [-0.2, 0) is 12.0 Å². The number of para-hydroxylation sites is 1. The molecule has 0 amide bonds. The lowest BCUT2D eigenvalue weighted by Crippen LogP contribution is -2.47. The molecular formula is C21H31IN4OS. The summed E-state index contributed by atoms with van der Waals surface area (Å²) in [6, 6.07) is 10.1. The van der Waals surface area contributed by atoms with Gasteiger partial charge in [-0.3, -0.25) is 4.99 Å². The number of halogens is 1. The van der Waals surface area contributed by atoms with Crippen molar-refractivity contribution in [2.45, 2.75) is 51.7 Å². The normalized spacial score (nSPS) is 15.9. The van der Waals surface area contributed by atoms with Gasteiger partial charge in [-0.25, -0.2) is 4.98 Å². The molecule has 0 aliphatic carbocycles. The molecule has 0 radical (unpaired) electrons. The number of hydrogen-bond acceptors (Lipinski definition) is 4. The van der Waals surface area contributed by atoms with Gasteiger partial charge in [0.1, 0.15) is 11.9 Å². The second kappa shape index (κ2) is 10.4. The van der Waals surface area contributed by atoms with Crippen LogP contribution in [0.5, 0.6) is 5.75 Å². The lowest BCUT2D eigenvalue weighted by molar-refractivity contribution is 0.129. The highest BCUT2D eigenvalue weighted by Crippen LogP contribution is 2.25. The average Bonchev–Trinajstić information content (AvgIpc) is 3.14. The van der Waals surface area contributed by atoms with Crippen molar-refractivity contribution in [3.8, 4) is 5.75 Å². The Kier molecular flexibility index (Phi) is 8.55. The Labute approximate surface area is 189 Å². The molecule has 154 valence electrons. The Morgan fingerprint density at radius 1 is 1.25 bits per heavy atom. The van der Waals surface area contributed by atoms with Gasteiger partial charge in [-0.2, -0.15) is 0 Å². The smallest absolute Gasteiger partial charge is 0.193 e. The fourth-order valence-corrected chi connectivity index (χ4v) is 4.02. The summed E-state index contributed by atoms with van der Waals surface area (Å²) >= 11 is 1.73. The van der Waals surface area contributed by atoms with Gasteiger partial charge in [0.15, 0.2) is 5.96 Å². The number of nitrogens with one attached hydrogen (secondary N) is 1. The lowest BCUT2D eigenvalue weighted by Gasteiger charge is -2.34. The first-order valence-corrected chi connectivity index (χ1v) is 10.5. The Bertz CT molecular complexity index is 749. The van der Waals surface area contributed by atoms with Crippen LogP contribution >= 0.6 is 35.3 Å². The number of thiazole rings is 1. The van der Waals surface area contributed by atoms with Crippen LogP contribution in [0.3, 0.4) is 0 Å². The van der Waals surface area contributed by atoms with Crippen LogP contribution in [0.1, 0.15) is 44.3 Å². The number of rotatable bonds is 4. The van der Waals surface area contributed by atoms with Crippen LogP contribution in [0, 0.1) is 0 Å². The molecule has 1 aliphatic rings. The highest BCUT2D eigenvalue weighted by Gasteiger charge is 2.23. The van der Waals surface area contributed by atoms with Gasteiger partial charge in [0.2, 0.25) is 0 Å². The summed E-state index contributed by atoms with van der Waals surface area (Å²) in [5.74, 6) is 1.90. The van der Waals surface area contributed by atoms with Crippen molar-refractivity contribution < 1.29 is 4.74 Å². The molecule has 0 bridgehead atoms. The van der Waals surface area contributed by atoms with E-state index in [1.165, 1.54) is 5.01 Å². The molecule has 1 saturated heterocycles. The zero-order valence-electron chi connectivity index (χ0n) is 17.1. The summed E-state index contributed by atoms with van der Waals surface area (Å²) in [7, 11) is 1.84. The molecule has 1 N–H and O–H groups in total. The predicted molar refractivity (Wildman–Crippen MR) is 128 cm³/mol. The number of aromatic nitrogens is 1. The van der Waals surface area contributed by atoms with Gasteiger partial charge in [-0.1, -0.05) is 39.0 Å². The Hall–Kier alpha value is -1.35. The molecule has 2 heterocycles. The van der Waals surface area contributed by atoms with E-state index in [4.69, 9.17) is 9.72 Å². The molecule has 1 fully saturated rings. The maximum Gasteiger partial charge on any atom is 0.193 e. The molecule has 0 spiro atoms. The molecule has 1 aliphatic heterocycles. The molecular weight excluding hydrogens is 483 g/mol. The fraction of sp³-hybridized carbons (Fsp3) is 0.524. The molecule has 1 aromatic carbocycles. The average molecular weight is 514 g/mol. The second-order valence-electron chi connectivity index (χ2n) is 7.91. The standard InChI is InChI=1S/C21H30N4OS.HI/c1-21(2,3)19-24-16(15-27-19)14-23-20(22-4)25-12-10-18(11-13-25)26-17-8-6-5-7-9-17;/h5-9,15,18H,10-14H2,1-4H3,(H,22,23);1H. The number of aliphatic imine (C=N–C) groups is 1. The van der Waals surface area contributed by atoms with Crippen molar-refractivity contribution >= 4 is 41.3 Å². The second-order valence-corrected chi connectivity index (χ2v) is 8.77. The molecule has 1 aromatic heterocycles. The monoisotopic (exact) mass is 514 g/mol. The number of ether oxygens (including phenoxy) is 1. The largest absolute Gasteiger partial charge is 0.490 e. The van der Waals surface area contributed by atoms with Crippen molar-refractivity contribution in [3.63, 3.8) is 0 Å². The van der Waals surface area contributed by atoms with E-state index >= 15 is 0 Å². The Balaban J connectivity index is 0.00000280. The van der Waals surface area contributed by atoms with E-state index in [-0.39, 0.29) is 35.5 Å². The van der Waals surface area contributed by atoms with Gasteiger partial charge in [0, 0.05) is 43.8 Å². The first kappa shape index (κ1) is 22.9. The van der Waals surface area contributed by atoms with Crippen molar-refractivity contribution in [2.75, 3.05) is 20.1 Å². The van der Waals surface area contributed by atoms with E-state index in [9.17, 15) is 0 Å². The summed E-state index contributed by atoms with van der Waals surface area (Å²) in [5.41, 5.74) is 1.18. The van der Waals surface area contributed by atoms with Gasteiger partial charge >= 0.3 is 0 Å². The van der Waals surface area contributed by atoms with Crippen molar-refractivity contribution in [1.29, 1.82) is 0 Å². The lowest BCUT2D eigenvalue weighted by atomic mass is 9.98. The molecule has 2 aromatic rings. The molecule has 5 nitrogen and oxygen atoms in total. The molecule has 3 rings (SSSR count). The fourth-order valence-electron chi connectivity index (χ4n) is 3.11. The Morgan fingerprint density at radius 2 is 1.93 bits per heavy atom. The van der Waals surface area contributed by atoms with Crippen molar-refractivity contribution in [3.05, 3.63) is 46.4 Å². The summed E-state index contributed by atoms with van der Waals surface area (Å²) in [6.07, 6.45) is 2.27. The minimum Gasteiger partial charge on any atom is -0.490 e. The van der Waals surface area contributed by atoms with E-state index in [2.05, 4.69) is 41.4 Å². The summed E-state index contributed by atoms with van der Waals surface area (Å²) < 4.78 is 6.09. The zero-order valence-corrected chi connectivity index (χ0v) is 20.3. The maximum atomic E-state index is 6.09. The van der Waals surface area contributed by atoms with Crippen LogP contribution in [0.2, 0.25) is 0 Å². The van der Waals surface area contributed by atoms with Crippen molar-refractivity contribution in [1.82, 2.24) is 15.2 Å². The first-order valence-electron chi connectivity index (χ1n) is 9.58. The van der Waals surface area contributed by atoms with Gasteiger partial charge in [-0.15, -0.1) is 35.3 Å². The third-order valence-corrected chi connectivity index (χ3v) is 5.94. The number of nitrogens with zero attached hydrogens (tertiary/aromatic N) is 3. The van der Waals surface area contributed by atoms with E-state index in [0.717, 1.165) is 43.3 Å². The van der Waals surface area contributed by atoms with E-state index in [0.29, 0.717) is 6.54 Å². The SMILES string of the molecule is CN=C(NCc1csc(C(C)(C)C)n1)N1CCC(Oc2ccccc2)CC1.I.